The molecule has 5 aliphatic carbocycles. The van der Waals surface area contributed by atoms with Gasteiger partial charge in [-0.2, -0.15) is 5.26 Å². The van der Waals surface area contributed by atoms with Crippen LogP contribution in [0.2, 0.25) is 0 Å². The molecule has 7 atom stereocenters. The van der Waals surface area contributed by atoms with Crippen LogP contribution >= 0.6 is 0 Å². The minimum atomic E-state index is -0.600. The SMILES string of the molecule is CC1C2CC(C#N)N(C(=O)C(N)C34CC5CC(CC(O)(C5)C3)C4)C12. The van der Waals surface area contributed by atoms with E-state index in [4.69, 9.17) is 5.73 Å². The fourth-order valence-electron chi connectivity index (χ4n) is 7.40. The molecule has 0 aromatic heterocycles. The maximum atomic E-state index is 13.3. The molecule has 3 N–H and O–H groups in total. The molecule has 130 valence electrons. The lowest BCUT2D eigenvalue weighted by molar-refractivity contribution is -0.177. The second-order valence-electron chi connectivity index (χ2n) is 9.67. The van der Waals surface area contributed by atoms with Crippen molar-refractivity contribution in [2.24, 2.45) is 34.8 Å². The summed E-state index contributed by atoms with van der Waals surface area (Å²) in [6.07, 6.45) is 6.41. The number of carbonyl (C=O) groups is 1. The Hall–Kier alpha value is -1.12. The maximum absolute atomic E-state index is 13.3. The summed E-state index contributed by atoms with van der Waals surface area (Å²) < 4.78 is 0. The van der Waals surface area contributed by atoms with Crippen molar-refractivity contribution in [2.45, 2.75) is 75.6 Å². The Morgan fingerprint density at radius 2 is 1.96 bits per heavy atom. The molecule has 1 amide bonds. The highest BCUT2D eigenvalue weighted by atomic mass is 16.3. The highest BCUT2D eigenvalue weighted by Gasteiger charge is 2.64. The van der Waals surface area contributed by atoms with Crippen LogP contribution in [-0.2, 0) is 4.79 Å². The second-order valence-corrected chi connectivity index (χ2v) is 9.67. The number of amides is 1. The molecule has 24 heavy (non-hydrogen) atoms. The lowest BCUT2D eigenvalue weighted by atomic mass is 9.46. The van der Waals surface area contributed by atoms with Gasteiger partial charge in [-0.15, -0.1) is 0 Å². The van der Waals surface area contributed by atoms with Gasteiger partial charge in [0.2, 0.25) is 5.91 Å². The Morgan fingerprint density at radius 3 is 2.54 bits per heavy atom. The van der Waals surface area contributed by atoms with E-state index in [1.54, 1.807) is 0 Å². The third kappa shape index (κ3) is 1.84. The van der Waals surface area contributed by atoms with Gasteiger partial charge in [0.1, 0.15) is 6.04 Å². The number of hydrogen-bond acceptors (Lipinski definition) is 4. The monoisotopic (exact) mass is 329 g/mol. The molecule has 6 fully saturated rings. The number of hydrogen-bond donors (Lipinski definition) is 2. The Kier molecular flexibility index (Phi) is 2.86. The second kappa shape index (κ2) is 4.53. The highest BCUT2D eigenvalue weighted by Crippen LogP contribution is 2.63. The molecule has 0 radical (unpaired) electrons. The van der Waals surface area contributed by atoms with Crippen LogP contribution in [0.15, 0.2) is 0 Å². The van der Waals surface area contributed by atoms with Crippen molar-refractivity contribution in [1.82, 2.24) is 4.90 Å². The molecule has 1 saturated heterocycles. The summed E-state index contributed by atoms with van der Waals surface area (Å²) in [4.78, 5) is 15.1. The molecular formula is C19H27N3O2. The molecule has 1 aliphatic heterocycles. The summed E-state index contributed by atoms with van der Waals surface area (Å²) in [7, 11) is 0. The number of rotatable bonds is 2. The molecule has 4 bridgehead atoms. The standard InChI is InChI=1S/C19H27N3O2/c1-10-14-3-13(8-20)22(15(10)14)17(23)16(21)18-4-11-2-12(5-18)7-19(24,6-11)9-18/h10-16,24H,2-7,9,21H2,1H3. The Labute approximate surface area is 143 Å². The van der Waals surface area contributed by atoms with Crippen LogP contribution in [0.25, 0.3) is 0 Å². The van der Waals surface area contributed by atoms with Gasteiger partial charge in [0.05, 0.1) is 17.7 Å². The number of nitrogens with zero attached hydrogens (tertiary/aromatic N) is 2. The first-order valence-electron chi connectivity index (χ1n) is 9.56. The van der Waals surface area contributed by atoms with Gasteiger partial charge in [-0.3, -0.25) is 4.79 Å². The fourth-order valence-corrected chi connectivity index (χ4v) is 7.40. The van der Waals surface area contributed by atoms with Gasteiger partial charge in [-0.1, -0.05) is 6.92 Å². The van der Waals surface area contributed by atoms with Crippen molar-refractivity contribution >= 4 is 5.91 Å². The first-order valence-corrected chi connectivity index (χ1v) is 9.56. The maximum Gasteiger partial charge on any atom is 0.241 e. The van der Waals surface area contributed by atoms with Gasteiger partial charge in [0.25, 0.3) is 0 Å². The zero-order valence-corrected chi connectivity index (χ0v) is 14.3. The number of aliphatic hydroxyl groups is 1. The predicted octanol–water partition coefficient (Wildman–Crippen LogP) is 1.40. The van der Waals surface area contributed by atoms with Crippen LogP contribution in [0.1, 0.15) is 51.9 Å². The van der Waals surface area contributed by atoms with E-state index in [1.807, 2.05) is 4.90 Å². The van der Waals surface area contributed by atoms with Gasteiger partial charge < -0.3 is 15.7 Å². The van der Waals surface area contributed by atoms with E-state index in [-0.39, 0.29) is 23.4 Å². The molecule has 0 aromatic carbocycles. The molecule has 0 spiro atoms. The first kappa shape index (κ1) is 15.2. The highest BCUT2D eigenvalue weighted by molar-refractivity contribution is 5.84. The number of piperidine rings is 1. The summed E-state index contributed by atoms with van der Waals surface area (Å²) in [5.41, 5.74) is 5.74. The van der Waals surface area contributed by atoms with Crippen molar-refractivity contribution in [2.75, 3.05) is 0 Å². The van der Waals surface area contributed by atoms with Crippen LogP contribution in [0.3, 0.4) is 0 Å². The number of nitriles is 1. The molecule has 6 aliphatic rings. The van der Waals surface area contributed by atoms with Crippen LogP contribution in [-0.4, -0.2) is 39.6 Å². The van der Waals surface area contributed by atoms with E-state index in [0.717, 1.165) is 32.1 Å². The van der Waals surface area contributed by atoms with Crippen LogP contribution in [0, 0.1) is 40.4 Å². The third-order valence-electron chi connectivity index (χ3n) is 8.07. The summed E-state index contributed by atoms with van der Waals surface area (Å²) in [5.74, 6) is 2.02. The van der Waals surface area contributed by atoms with Gasteiger partial charge >= 0.3 is 0 Å². The lowest BCUT2D eigenvalue weighted by Crippen LogP contribution is -2.65. The Morgan fingerprint density at radius 1 is 1.29 bits per heavy atom. The molecular weight excluding hydrogens is 302 g/mol. The predicted molar refractivity (Wildman–Crippen MR) is 87.3 cm³/mol. The summed E-state index contributed by atoms with van der Waals surface area (Å²) in [6.45, 7) is 2.17. The summed E-state index contributed by atoms with van der Waals surface area (Å²) in [6, 6.07) is 1.68. The molecule has 5 saturated carbocycles. The summed E-state index contributed by atoms with van der Waals surface area (Å²) >= 11 is 0. The molecule has 5 heteroatoms. The van der Waals surface area contributed by atoms with E-state index >= 15 is 0 Å². The smallest absolute Gasteiger partial charge is 0.241 e. The van der Waals surface area contributed by atoms with E-state index in [1.165, 1.54) is 6.42 Å². The molecule has 6 rings (SSSR count). The van der Waals surface area contributed by atoms with Gasteiger partial charge in [0, 0.05) is 6.04 Å². The molecule has 0 aromatic rings. The van der Waals surface area contributed by atoms with Crippen molar-refractivity contribution in [3.8, 4) is 6.07 Å². The Bertz CT molecular complexity index is 627. The first-order chi connectivity index (χ1) is 11.4. The van der Waals surface area contributed by atoms with Crippen molar-refractivity contribution < 1.29 is 9.90 Å². The number of likely N-dealkylation sites (tertiary alicyclic amines) is 1. The largest absolute Gasteiger partial charge is 0.390 e. The lowest BCUT2D eigenvalue weighted by Gasteiger charge is -2.61. The number of fused-ring (bicyclic) bond motifs is 1. The van der Waals surface area contributed by atoms with Crippen molar-refractivity contribution in [3.05, 3.63) is 0 Å². The molecule has 7 unspecified atom stereocenters. The van der Waals surface area contributed by atoms with Gasteiger partial charge in [0.15, 0.2) is 0 Å². The average Bonchev–Trinajstić information content (AvgIpc) is 2.96. The quantitative estimate of drug-likeness (QED) is 0.801. The van der Waals surface area contributed by atoms with Gasteiger partial charge in [-0.05, 0) is 74.0 Å². The number of carbonyl (C=O) groups excluding carboxylic acids is 1. The van der Waals surface area contributed by atoms with Gasteiger partial charge in [-0.25, -0.2) is 0 Å². The normalized spacial score (nSPS) is 55.2. The van der Waals surface area contributed by atoms with E-state index in [0.29, 0.717) is 30.1 Å². The van der Waals surface area contributed by atoms with Crippen LogP contribution in [0.4, 0.5) is 0 Å². The van der Waals surface area contributed by atoms with Crippen molar-refractivity contribution in [1.29, 1.82) is 5.26 Å². The van der Waals surface area contributed by atoms with Crippen LogP contribution < -0.4 is 5.73 Å². The topological polar surface area (TPSA) is 90.4 Å². The Balaban J connectivity index is 1.43. The minimum absolute atomic E-state index is 0.0241. The zero-order chi connectivity index (χ0) is 16.9. The zero-order valence-electron chi connectivity index (χ0n) is 14.3. The van der Waals surface area contributed by atoms with Crippen LogP contribution in [0.5, 0.6) is 0 Å². The molecule has 1 heterocycles. The number of nitrogens with two attached hydrogens (primary N) is 1. The third-order valence-corrected chi connectivity index (χ3v) is 8.07. The van der Waals surface area contributed by atoms with E-state index < -0.39 is 11.6 Å². The fraction of sp³-hybridized carbons (Fsp3) is 0.895. The average molecular weight is 329 g/mol. The van der Waals surface area contributed by atoms with E-state index in [2.05, 4.69) is 13.0 Å². The summed E-state index contributed by atoms with van der Waals surface area (Å²) in [5, 5.41) is 20.4. The van der Waals surface area contributed by atoms with Crippen molar-refractivity contribution in [3.63, 3.8) is 0 Å². The van der Waals surface area contributed by atoms with E-state index in [9.17, 15) is 15.2 Å². The molecule has 5 nitrogen and oxygen atoms in total. The minimum Gasteiger partial charge on any atom is -0.390 e.